The van der Waals surface area contributed by atoms with Crippen molar-refractivity contribution in [1.29, 1.82) is 0 Å². The van der Waals surface area contributed by atoms with E-state index in [4.69, 9.17) is 0 Å². The van der Waals surface area contributed by atoms with Crippen LogP contribution < -0.4 is 21.3 Å². The summed E-state index contributed by atoms with van der Waals surface area (Å²) in [5.74, 6) is -3.97. The van der Waals surface area contributed by atoms with Gasteiger partial charge in [0, 0.05) is 36.2 Å². The van der Waals surface area contributed by atoms with Crippen LogP contribution in [0.5, 0.6) is 0 Å². The Hall–Kier alpha value is -4.71. The van der Waals surface area contributed by atoms with Gasteiger partial charge in [-0.2, -0.15) is 0 Å². The van der Waals surface area contributed by atoms with E-state index in [9.17, 15) is 32.3 Å². The molecule has 1 saturated heterocycles. The summed E-state index contributed by atoms with van der Waals surface area (Å²) in [5, 5.41) is 10.4. The molecule has 0 atom stereocenters. The Bertz CT molecular complexity index is 1510. The quantitative estimate of drug-likeness (QED) is 0.276. The molecule has 0 spiro atoms. The highest BCUT2D eigenvalue weighted by Crippen LogP contribution is 2.21. The molecule has 4 rings (SSSR count). The maximum atomic E-state index is 13.9. The molecule has 1 fully saturated rings. The van der Waals surface area contributed by atoms with Crippen molar-refractivity contribution in [2.45, 2.75) is 26.2 Å². The lowest BCUT2D eigenvalue weighted by molar-refractivity contribution is -0.126. The fraction of sp³-hybridized carbons (Fsp3) is 0.290. The molecule has 0 radical (unpaired) electrons. The summed E-state index contributed by atoms with van der Waals surface area (Å²) in [6.45, 7) is 2.98. The van der Waals surface area contributed by atoms with Crippen molar-refractivity contribution in [3.05, 3.63) is 89.2 Å². The Morgan fingerprint density at radius 1 is 0.791 bits per heavy atom. The Morgan fingerprint density at radius 3 is 2.21 bits per heavy atom. The molecule has 0 saturated carbocycles. The lowest BCUT2D eigenvalue weighted by Gasteiger charge is -2.30. The molecule has 0 aromatic heterocycles. The zero-order valence-electron chi connectivity index (χ0n) is 23.5. The molecule has 0 bridgehead atoms. The summed E-state index contributed by atoms with van der Waals surface area (Å²) in [7, 11) is 0. The second-order valence-electron chi connectivity index (χ2n) is 10.3. The van der Waals surface area contributed by atoms with E-state index in [0.717, 1.165) is 17.7 Å². The number of anilines is 3. The smallest absolute Gasteiger partial charge is 0.255 e. The number of benzene rings is 3. The lowest BCUT2D eigenvalue weighted by atomic mass is 9.96. The third-order valence-corrected chi connectivity index (χ3v) is 7.08. The standard InChI is InChI=1S/C31H32F3N5O4/c1-19-6-7-21(31(43)38-25-5-3-2-4-23(25)33)16-27(19)37-29(41)18-39-14-11-20(12-15-39)30(42)35-13-10-28(40)36-26-9-8-22(32)17-24(26)34/h2-9,16-17,20H,10-15,18H2,1H3,(H,35,42)(H,36,40)(H,37,41)(H,38,43). The number of nitrogens with zero attached hydrogens (tertiary/aromatic N) is 1. The van der Waals surface area contributed by atoms with Gasteiger partial charge in [0.25, 0.3) is 5.91 Å². The maximum absolute atomic E-state index is 13.9. The number of amides is 4. The van der Waals surface area contributed by atoms with E-state index in [1.807, 2.05) is 4.90 Å². The van der Waals surface area contributed by atoms with Gasteiger partial charge in [0.2, 0.25) is 17.7 Å². The molecular formula is C31H32F3N5O4. The minimum absolute atomic E-state index is 0.0554. The van der Waals surface area contributed by atoms with Gasteiger partial charge >= 0.3 is 0 Å². The topological polar surface area (TPSA) is 120 Å². The molecule has 12 heteroatoms. The normalized spacial score (nSPS) is 13.7. The number of rotatable bonds is 10. The number of piperidine rings is 1. The van der Waals surface area contributed by atoms with Crippen molar-refractivity contribution < 1.29 is 32.3 Å². The molecule has 4 amide bonds. The van der Waals surface area contributed by atoms with Gasteiger partial charge in [0.05, 0.1) is 17.9 Å². The van der Waals surface area contributed by atoms with E-state index >= 15 is 0 Å². The molecule has 1 heterocycles. The summed E-state index contributed by atoms with van der Waals surface area (Å²) in [5.41, 5.74) is 1.40. The first-order chi connectivity index (χ1) is 20.6. The van der Waals surface area contributed by atoms with E-state index < -0.39 is 29.3 Å². The maximum Gasteiger partial charge on any atom is 0.255 e. The third kappa shape index (κ3) is 8.89. The van der Waals surface area contributed by atoms with Crippen LogP contribution in [0, 0.1) is 30.3 Å². The van der Waals surface area contributed by atoms with Crippen LogP contribution in [0.4, 0.5) is 30.2 Å². The zero-order chi connectivity index (χ0) is 30.9. The first-order valence-electron chi connectivity index (χ1n) is 13.8. The van der Waals surface area contributed by atoms with Crippen LogP contribution >= 0.6 is 0 Å². The minimum atomic E-state index is -0.884. The van der Waals surface area contributed by atoms with E-state index in [0.29, 0.717) is 37.7 Å². The fourth-order valence-electron chi connectivity index (χ4n) is 4.65. The van der Waals surface area contributed by atoms with Crippen LogP contribution in [0.15, 0.2) is 60.7 Å². The van der Waals surface area contributed by atoms with Gasteiger partial charge in [0.1, 0.15) is 17.5 Å². The molecule has 0 unspecified atom stereocenters. The molecule has 9 nitrogen and oxygen atoms in total. The van der Waals surface area contributed by atoms with Crippen LogP contribution in [-0.2, 0) is 14.4 Å². The minimum Gasteiger partial charge on any atom is -0.355 e. The predicted molar refractivity (Wildman–Crippen MR) is 156 cm³/mol. The second-order valence-corrected chi connectivity index (χ2v) is 10.3. The number of para-hydroxylation sites is 1. The number of carbonyl (C=O) groups excluding carboxylic acids is 4. The number of hydrogen-bond acceptors (Lipinski definition) is 5. The number of nitrogens with one attached hydrogen (secondary N) is 4. The van der Waals surface area contributed by atoms with Crippen LogP contribution in [-0.4, -0.2) is 54.7 Å². The molecule has 43 heavy (non-hydrogen) atoms. The molecule has 226 valence electrons. The third-order valence-electron chi connectivity index (χ3n) is 7.08. The average Bonchev–Trinajstić information content (AvgIpc) is 2.97. The van der Waals surface area contributed by atoms with Crippen molar-refractivity contribution in [3.8, 4) is 0 Å². The van der Waals surface area contributed by atoms with Gasteiger partial charge in [-0.3, -0.25) is 24.1 Å². The number of hydrogen-bond donors (Lipinski definition) is 4. The number of carbonyl (C=O) groups is 4. The molecular weight excluding hydrogens is 563 g/mol. The molecule has 3 aromatic rings. The molecule has 0 aliphatic carbocycles. The Morgan fingerprint density at radius 2 is 1.49 bits per heavy atom. The van der Waals surface area contributed by atoms with E-state index in [-0.39, 0.29) is 54.2 Å². The van der Waals surface area contributed by atoms with Gasteiger partial charge in [-0.25, -0.2) is 13.2 Å². The summed E-state index contributed by atoms with van der Waals surface area (Å²) in [6, 6.07) is 13.5. The van der Waals surface area contributed by atoms with Gasteiger partial charge in [-0.1, -0.05) is 18.2 Å². The molecule has 1 aliphatic heterocycles. The highest BCUT2D eigenvalue weighted by molar-refractivity contribution is 6.05. The van der Waals surface area contributed by atoms with Gasteiger partial charge in [-0.05, 0) is 74.8 Å². The Labute approximate surface area is 246 Å². The molecule has 1 aliphatic rings. The highest BCUT2D eigenvalue weighted by atomic mass is 19.1. The second kappa shape index (κ2) is 14.5. The zero-order valence-corrected chi connectivity index (χ0v) is 23.5. The fourth-order valence-corrected chi connectivity index (χ4v) is 4.65. The van der Waals surface area contributed by atoms with Crippen LogP contribution in [0.3, 0.4) is 0 Å². The average molecular weight is 596 g/mol. The summed E-state index contributed by atoms with van der Waals surface area (Å²) < 4.78 is 40.6. The Balaban J connectivity index is 1.19. The Kier molecular flexibility index (Phi) is 10.5. The SMILES string of the molecule is Cc1ccc(C(=O)Nc2ccccc2F)cc1NC(=O)CN1CCC(C(=O)NCCC(=O)Nc2ccc(F)cc2F)CC1. The van der Waals surface area contributed by atoms with Crippen molar-refractivity contribution in [3.63, 3.8) is 0 Å². The van der Waals surface area contributed by atoms with Gasteiger partial charge < -0.3 is 21.3 Å². The van der Waals surface area contributed by atoms with E-state index in [2.05, 4.69) is 21.3 Å². The molecule has 4 N–H and O–H groups in total. The van der Waals surface area contributed by atoms with Gasteiger partial charge in [0.15, 0.2) is 0 Å². The van der Waals surface area contributed by atoms with Crippen molar-refractivity contribution in [1.82, 2.24) is 10.2 Å². The van der Waals surface area contributed by atoms with Crippen LogP contribution in [0.1, 0.15) is 35.2 Å². The highest BCUT2D eigenvalue weighted by Gasteiger charge is 2.26. The number of halogens is 3. The largest absolute Gasteiger partial charge is 0.355 e. The van der Waals surface area contributed by atoms with Crippen molar-refractivity contribution in [2.75, 3.05) is 42.1 Å². The van der Waals surface area contributed by atoms with E-state index in [1.165, 1.54) is 24.3 Å². The van der Waals surface area contributed by atoms with Crippen molar-refractivity contribution >= 4 is 40.7 Å². The van der Waals surface area contributed by atoms with E-state index in [1.54, 1.807) is 25.1 Å². The van der Waals surface area contributed by atoms with Crippen LogP contribution in [0.2, 0.25) is 0 Å². The number of likely N-dealkylation sites (tertiary alicyclic amines) is 1. The monoisotopic (exact) mass is 595 g/mol. The van der Waals surface area contributed by atoms with Crippen molar-refractivity contribution in [2.24, 2.45) is 5.92 Å². The first-order valence-corrected chi connectivity index (χ1v) is 13.8. The summed E-state index contributed by atoms with van der Waals surface area (Å²) in [6.07, 6.45) is 0.973. The summed E-state index contributed by atoms with van der Waals surface area (Å²) in [4.78, 5) is 51.9. The van der Waals surface area contributed by atoms with Gasteiger partial charge in [-0.15, -0.1) is 0 Å². The first kappa shape index (κ1) is 31.2. The lowest BCUT2D eigenvalue weighted by Crippen LogP contribution is -2.43. The number of aryl methyl sites for hydroxylation is 1. The van der Waals surface area contributed by atoms with Crippen LogP contribution in [0.25, 0.3) is 0 Å². The summed E-state index contributed by atoms with van der Waals surface area (Å²) >= 11 is 0. The molecule has 3 aromatic carbocycles. The predicted octanol–water partition coefficient (Wildman–Crippen LogP) is 4.46.